The zero-order valence-corrected chi connectivity index (χ0v) is 15.2. The highest BCUT2D eigenvalue weighted by Crippen LogP contribution is 2.27. The number of amides is 2. The highest BCUT2D eigenvalue weighted by atomic mass is 16.5. The molecule has 4 rings (SSSR count). The zero-order valence-electron chi connectivity index (χ0n) is 15.2. The van der Waals surface area contributed by atoms with Crippen molar-refractivity contribution in [2.75, 3.05) is 11.6 Å². The summed E-state index contributed by atoms with van der Waals surface area (Å²) in [6.45, 7) is 2.54. The van der Waals surface area contributed by atoms with E-state index in [0.717, 1.165) is 11.3 Å². The topological polar surface area (TPSA) is 71.8 Å². The number of hydrogen-bond donors (Lipinski definition) is 1. The van der Waals surface area contributed by atoms with Crippen molar-refractivity contribution in [3.8, 4) is 17.1 Å². The Morgan fingerprint density at radius 1 is 1.00 bits per heavy atom. The van der Waals surface area contributed by atoms with Gasteiger partial charge >= 0.3 is 0 Å². The zero-order chi connectivity index (χ0) is 19.5. The highest BCUT2D eigenvalue weighted by Gasteiger charge is 2.34. The molecule has 0 saturated carbocycles. The Balaban J connectivity index is 1.56. The first-order chi connectivity index (χ1) is 13.7. The fourth-order valence-electron chi connectivity index (χ4n) is 2.93. The lowest BCUT2D eigenvalue weighted by Gasteiger charge is -2.13. The van der Waals surface area contributed by atoms with E-state index < -0.39 is 11.8 Å². The van der Waals surface area contributed by atoms with Crippen molar-refractivity contribution in [1.82, 2.24) is 5.43 Å². The third-order valence-corrected chi connectivity index (χ3v) is 4.27. The van der Waals surface area contributed by atoms with E-state index in [2.05, 4.69) is 5.43 Å². The van der Waals surface area contributed by atoms with Crippen LogP contribution in [-0.4, -0.2) is 18.4 Å². The number of furan rings is 1. The van der Waals surface area contributed by atoms with Crippen LogP contribution in [0.4, 0.5) is 5.69 Å². The average molecular weight is 374 g/mol. The largest absolute Gasteiger partial charge is 0.494 e. The lowest BCUT2D eigenvalue weighted by molar-refractivity contribution is -0.117. The van der Waals surface area contributed by atoms with Crippen LogP contribution in [-0.2, 0) is 9.59 Å². The van der Waals surface area contributed by atoms with Crippen LogP contribution in [0, 0.1) is 0 Å². The van der Waals surface area contributed by atoms with Gasteiger partial charge in [-0.2, -0.15) is 0 Å². The number of nitrogens with zero attached hydrogens (tertiary/aromatic N) is 1. The van der Waals surface area contributed by atoms with Gasteiger partial charge in [-0.15, -0.1) is 0 Å². The molecule has 1 saturated heterocycles. The quantitative estimate of drug-likeness (QED) is 0.545. The predicted octanol–water partition coefficient (Wildman–Crippen LogP) is 3.81. The molecule has 6 heteroatoms. The van der Waals surface area contributed by atoms with Crippen molar-refractivity contribution < 1.29 is 18.7 Å². The number of carbonyl (C=O) groups excluding carboxylic acids is 2. The third kappa shape index (κ3) is 3.40. The molecule has 1 aliphatic heterocycles. The Labute approximate surface area is 162 Å². The lowest BCUT2D eigenvalue weighted by atomic mass is 10.2. The van der Waals surface area contributed by atoms with Gasteiger partial charge in [0, 0.05) is 5.56 Å². The summed E-state index contributed by atoms with van der Waals surface area (Å²) in [5.74, 6) is 0.968. The van der Waals surface area contributed by atoms with Gasteiger partial charge in [0.2, 0.25) is 0 Å². The standard InChI is InChI=1S/C22H18N2O4/c1-2-27-17-10-8-15(9-11-17)20-13-12-18(28-20)14-19-21(25)23-24(22(19)26)16-6-4-3-5-7-16/h3-14H,2H2,1H3,(H,23,25). The molecule has 0 atom stereocenters. The molecule has 0 bridgehead atoms. The molecule has 2 amide bonds. The van der Waals surface area contributed by atoms with E-state index in [0.29, 0.717) is 23.8 Å². The third-order valence-electron chi connectivity index (χ3n) is 4.27. The van der Waals surface area contributed by atoms with Crippen molar-refractivity contribution in [2.45, 2.75) is 6.92 Å². The van der Waals surface area contributed by atoms with Crippen LogP contribution >= 0.6 is 0 Å². The number of hydrazine groups is 1. The predicted molar refractivity (Wildman–Crippen MR) is 105 cm³/mol. The number of ether oxygens (including phenoxy) is 1. The number of rotatable bonds is 5. The summed E-state index contributed by atoms with van der Waals surface area (Å²) in [7, 11) is 0. The molecule has 2 aromatic carbocycles. The minimum absolute atomic E-state index is 0.0245. The van der Waals surface area contributed by atoms with Gasteiger partial charge in [0.25, 0.3) is 11.8 Å². The summed E-state index contributed by atoms with van der Waals surface area (Å²) in [5.41, 5.74) is 4.06. The van der Waals surface area contributed by atoms with Gasteiger partial charge in [0.1, 0.15) is 22.8 Å². The second-order valence-corrected chi connectivity index (χ2v) is 6.13. The number of anilines is 1. The van der Waals surface area contributed by atoms with Gasteiger partial charge in [0.15, 0.2) is 0 Å². The summed E-state index contributed by atoms with van der Waals surface area (Å²) in [4.78, 5) is 24.9. The Bertz CT molecular complexity index is 1040. The molecule has 28 heavy (non-hydrogen) atoms. The number of para-hydroxylation sites is 1. The summed E-state index contributed by atoms with van der Waals surface area (Å²) in [6.07, 6.45) is 1.46. The smallest absolute Gasteiger partial charge is 0.282 e. The van der Waals surface area contributed by atoms with Crippen LogP contribution in [0.25, 0.3) is 17.4 Å². The van der Waals surface area contributed by atoms with E-state index in [-0.39, 0.29) is 5.57 Å². The van der Waals surface area contributed by atoms with Crippen molar-refractivity contribution in [3.63, 3.8) is 0 Å². The van der Waals surface area contributed by atoms with Gasteiger partial charge in [-0.3, -0.25) is 15.0 Å². The first-order valence-electron chi connectivity index (χ1n) is 8.91. The average Bonchev–Trinajstić information content (AvgIpc) is 3.30. The van der Waals surface area contributed by atoms with Crippen molar-refractivity contribution in [1.29, 1.82) is 0 Å². The number of hydrogen-bond acceptors (Lipinski definition) is 4. The number of nitrogens with one attached hydrogen (secondary N) is 1. The maximum atomic E-state index is 12.6. The second kappa shape index (κ2) is 7.44. The lowest BCUT2D eigenvalue weighted by Crippen LogP contribution is -2.35. The maximum absolute atomic E-state index is 12.6. The van der Waals surface area contributed by atoms with Crippen LogP contribution < -0.4 is 15.2 Å². The van der Waals surface area contributed by atoms with Gasteiger partial charge in [0.05, 0.1) is 12.3 Å². The van der Waals surface area contributed by atoms with Gasteiger partial charge in [-0.05, 0) is 61.5 Å². The van der Waals surface area contributed by atoms with E-state index in [1.54, 1.807) is 36.4 Å². The van der Waals surface area contributed by atoms with E-state index in [1.165, 1.54) is 11.1 Å². The van der Waals surface area contributed by atoms with Crippen molar-refractivity contribution in [3.05, 3.63) is 78.1 Å². The van der Waals surface area contributed by atoms with Crippen LogP contribution in [0.3, 0.4) is 0 Å². The minimum Gasteiger partial charge on any atom is -0.494 e. The van der Waals surface area contributed by atoms with Crippen LogP contribution in [0.15, 0.2) is 76.7 Å². The van der Waals surface area contributed by atoms with E-state index in [1.807, 2.05) is 37.3 Å². The van der Waals surface area contributed by atoms with Crippen LogP contribution in [0.1, 0.15) is 12.7 Å². The molecular weight excluding hydrogens is 356 g/mol. The Hall–Kier alpha value is -3.80. The van der Waals surface area contributed by atoms with Gasteiger partial charge in [-0.25, -0.2) is 5.01 Å². The SMILES string of the molecule is CCOc1ccc(-c2ccc(C=C3C(=O)NN(c4ccccc4)C3=O)o2)cc1. The monoisotopic (exact) mass is 374 g/mol. The normalized spacial score (nSPS) is 15.2. The Kier molecular flexibility index (Phi) is 4.68. The second-order valence-electron chi connectivity index (χ2n) is 6.13. The minimum atomic E-state index is -0.465. The molecule has 1 N–H and O–H groups in total. The molecule has 3 aromatic rings. The molecule has 1 aliphatic rings. The molecule has 2 heterocycles. The highest BCUT2D eigenvalue weighted by molar-refractivity contribution is 6.31. The summed E-state index contributed by atoms with van der Waals surface area (Å²) in [5, 5.41) is 1.23. The van der Waals surface area contributed by atoms with Crippen LogP contribution in [0.5, 0.6) is 5.75 Å². The molecule has 140 valence electrons. The fourth-order valence-corrected chi connectivity index (χ4v) is 2.93. The van der Waals surface area contributed by atoms with E-state index >= 15 is 0 Å². The first kappa shape index (κ1) is 17.6. The van der Waals surface area contributed by atoms with E-state index in [9.17, 15) is 9.59 Å². The molecule has 0 unspecified atom stereocenters. The molecule has 1 aromatic heterocycles. The maximum Gasteiger partial charge on any atom is 0.282 e. The first-order valence-corrected chi connectivity index (χ1v) is 8.91. The Morgan fingerprint density at radius 3 is 2.46 bits per heavy atom. The van der Waals surface area contributed by atoms with Crippen molar-refractivity contribution in [2.24, 2.45) is 0 Å². The summed E-state index contributed by atoms with van der Waals surface area (Å²) in [6, 6.07) is 20.0. The molecule has 6 nitrogen and oxygen atoms in total. The summed E-state index contributed by atoms with van der Waals surface area (Å²) >= 11 is 0. The molecule has 1 fully saturated rings. The van der Waals surface area contributed by atoms with Gasteiger partial charge < -0.3 is 9.15 Å². The summed E-state index contributed by atoms with van der Waals surface area (Å²) < 4.78 is 11.2. The van der Waals surface area contributed by atoms with Crippen molar-refractivity contribution >= 4 is 23.6 Å². The molecule has 0 spiro atoms. The fraction of sp³-hybridized carbons (Fsp3) is 0.0909. The number of carbonyl (C=O) groups is 2. The number of benzene rings is 2. The molecule has 0 radical (unpaired) electrons. The van der Waals surface area contributed by atoms with E-state index in [4.69, 9.17) is 9.15 Å². The molecule has 0 aliphatic carbocycles. The van der Waals surface area contributed by atoms with Crippen LogP contribution in [0.2, 0.25) is 0 Å². The van der Waals surface area contributed by atoms with Gasteiger partial charge in [-0.1, -0.05) is 18.2 Å². The Morgan fingerprint density at radius 2 is 1.75 bits per heavy atom. The molecular formula is C22H18N2O4.